The summed E-state index contributed by atoms with van der Waals surface area (Å²) in [6, 6.07) is 17.3. The second-order valence-electron chi connectivity index (χ2n) is 5.42. The van der Waals surface area contributed by atoms with Gasteiger partial charge in [0.2, 0.25) is 0 Å². The van der Waals surface area contributed by atoms with Crippen LogP contribution in [0.3, 0.4) is 0 Å². The van der Waals surface area contributed by atoms with Crippen LogP contribution >= 0.6 is 24.0 Å². The summed E-state index contributed by atoms with van der Waals surface area (Å²) >= 11 is 0. The Labute approximate surface area is 180 Å². The van der Waals surface area contributed by atoms with Crippen molar-refractivity contribution in [2.24, 2.45) is 4.99 Å². The predicted octanol–water partition coefficient (Wildman–Crippen LogP) is 3.34. The van der Waals surface area contributed by atoms with E-state index in [0.29, 0.717) is 31.4 Å². The Hall–Kier alpha value is -1.87. The third kappa shape index (κ3) is 8.13. The van der Waals surface area contributed by atoms with Gasteiger partial charge in [-0.3, -0.25) is 9.20 Å². The molecule has 2 aromatic carbocycles. The van der Waals surface area contributed by atoms with E-state index in [1.54, 1.807) is 13.1 Å². The normalized spacial score (nSPS) is 11.8. The molecule has 1 unspecified atom stereocenters. The van der Waals surface area contributed by atoms with Gasteiger partial charge in [0, 0.05) is 36.3 Å². The maximum Gasteiger partial charge on any atom is 0.191 e. The van der Waals surface area contributed by atoms with Crippen LogP contribution in [0.1, 0.15) is 5.56 Å². The average molecular weight is 499 g/mol. The van der Waals surface area contributed by atoms with E-state index in [9.17, 15) is 4.21 Å². The summed E-state index contributed by atoms with van der Waals surface area (Å²) in [4.78, 5) is 5.04. The van der Waals surface area contributed by atoms with E-state index in [1.807, 2.05) is 54.6 Å². The summed E-state index contributed by atoms with van der Waals surface area (Å²) < 4.78 is 17.9. The first-order valence-corrected chi connectivity index (χ1v) is 9.76. The van der Waals surface area contributed by atoms with Crippen molar-refractivity contribution in [3.8, 4) is 5.75 Å². The molecule has 0 aliphatic heterocycles. The monoisotopic (exact) mass is 499 g/mol. The van der Waals surface area contributed by atoms with Crippen LogP contribution < -0.4 is 15.4 Å². The number of guanidine groups is 1. The number of ether oxygens (including phenoxy) is 1. The lowest BCUT2D eigenvalue weighted by molar-refractivity contribution is 0.358. The van der Waals surface area contributed by atoms with Crippen molar-refractivity contribution in [1.82, 2.24) is 10.6 Å². The minimum absolute atomic E-state index is 0. The molecule has 1 atom stereocenters. The minimum atomic E-state index is -1.02. The van der Waals surface area contributed by atoms with Gasteiger partial charge >= 0.3 is 0 Å². The van der Waals surface area contributed by atoms with Crippen molar-refractivity contribution < 1.29 is 8.95 Å². The number of nitrogens with one attached hydrogen (secondary N) is 2. The van der Waals surface area contributed by atoms with Crippen LogP contribution in [0, 0.1) is 0 Å². The molecule has 0 aliphatic rings. The fourth-order valence-corrected chi connectivity index (χ4v) is 3.28. The molecule has 5 nitrogen and oxygen atoms in total. The van der Waals surface area contributed by atoms with Gasteiger partial charge in [0.25, 0.3) is 0 Å². The number of aliphatic imine (C=N–C) groups is 1. The summed E-state index contributed by atoms with van der Waals surface area (Å²) in [6.07, 6.45) is 1.72. The molecule has 0 amide bonds. The van der Waals surface area contributed by atoms with Gasteiger partial charge in [-0.15, -0.1) is 24.0 Å². The van der Waals surface area contributed by atoms with Crippen LogP contribution in [0.4, 0.5) is 0 Å². The molecule has 2 N–H and O–H groups in total. The Morgan fingerprint density at radius 2 is 1.85 bits per heavy atom. The predicted molar refractivity (Wildman–Crippen MR) is 123 cm³/mol. The molecule has 27 heavy (non-hydrogen) atoms. The Morgan fingerprint density at radius 3 is 2.56 bits per heavy atom. The highest BCUT2D eigenvalue weighted by molar-refractivity contribution is 14.0. The van der Waals surface area contributed by atoms with Crippen molar-refractivity contribution in [3.05, 3.63) is 72.8 Å². The van der Waals surface area contributed by atoms with Gasteiger partial charge in [-0.05, 0) is 18.2 Å². The zero-order valence-corrected chi connectivity index (χ0v) is 18.5. The third-order valence-electron chi connectivity index (χ3n) is 3.59. The molecule has 0 spiro atoms. The molecule has 7 heteroatoms. The first-order valence-electron chi connectivity index (χ1n) is 8.44. The number of benzene rings is 2. The molecular formula is C20H26IN3O2S. The fourth-order valence-electron chi connectivity index (χ4n) is 2.29. The zero-order chi connectivity index (χ0) is 18.6. The molecule has 0 aliphatic carbocycles. The SMILES string of the molecule is C=CCOc1ccccc1CNC(=NC)NCCS(=O)c1ccccc1.I. The number of hydrogen-bond acceptors (Lipinski definition) is 3. The quantitative estimate of drug-likeness (QED) is 0.241. The largest absolute Gasteiger partial charge is 0.489 e. The van der Waals surface area contributed by atoms with Crippen LogP contribution in [0.15, 0.2) is 77.1 Å². The van der Waals surface area contributed by atoms with Gasteiger partial charge in [-0.2, -0.15) is 0 Å². The number of hydrogen-bond donors (Lipinski definition) is 2. The smallest absolute Gasteiger partial charge is 0.191 e. The summed E-state index contributed by atoms with van der Waals surface area (Å²) in [5.41, 5.74) is 1.03. The third-order valence-corrected chi connectivity index (χ3v) is 4.96. The fraction of sp³-hybridized carbons (Fsp3) is 0.250. The minimum Gasteiger partial charge on any atom is -0.489 e. The highest BCUT2D eigenvalue weighted by atomic mass is 127. The second kappa shape index (κ2) is 13.3. The highest BCUT2D eigenvalue weighted by Gasteiger charge is 2.06. The Bertz CT molecular complexity index is 754. The topological polar surface area (TPSA) is 62.7 Å². The Kier molecular flexibility index (Phi) is 11.4. The molecule has 0 bridgehead atoms. The molecule has 0 saturated carbocycles. The van der Waals surface area contributed by atoms with Crippen LogP contribution in [-0.2, 0) is 17.3 Å². The molecular weight excluding hydrogens is 473 g/mol. The molecule has 0 heterocycles. The number of halogens is 1. The highest BCUT2D eigenvalue weighted by Crippen LogP contribution is 2.17. The van der Waals surface area contributed by atoms with Crippen molar-refractivity contribution in [1.29, 1.82) is 0 Å². The Balaban J connectivity index is 0.00000364. The van der Waals surface area contributed by atoms with E-state index in [0.717, 1.165) is 16.2 Å². The molecule has 146 valence electrons. The molecule has 2 rings (SSSR count). The van der Waals surface area contributed by atoms with Crippen LogP contribution in [0.5, 0.6) is 5.75 Å². The van der Waals surface area contributed by atoms with Crippen LogP contribution in [0.2, 0.25) is 0 Å². The lowest BCUT2D eigenvalue weighted by Gasteiger charge is -2.14. The summed E-state index contributed by atoms with van der Waals surface area (Å²) in [5.74, 6) is 2.00. The van der Waals surface area contributed by atoms with Gasteiger partial charge in [0.05, 0.1) is 10.8 Å². The number of para-hydroxylation sites is 1. The number of rotatable bonds is 9. The maximum atomic E-state index is 12.2. The first-order chi connectivity index (χ1) is 12.7. The van der Waals surface area contributed by atoms with Crippen LogP contribution in [0.25, 0.3) is 0 Å². The lowest BCUT2D eigenvalue weighted by Crippen LogP contribution is -2.38. The average Bonchev–Trinajstić information content (AvgIpc) is 2.70. The molecule has 2 aromatic rings. The van der Waals surface area contributed by atoms with Gasteiger partial charge in [0.15, 0.2) is 5.96 Å². The van der Waals surface area contributed by atoms with Crippen molar-refractivity contribution in [2.75, 3.05) is 26.0 Å². The Morgan fingerprint density at radius 1 is 1.15 bits per heavy atom. The van der Waals surface area contributed by atoms with Crippen LogP contribution in [-0.4, -0.2) is 36.1 Å². The zero-order valence-electron chi connectivity index (χ0n) is 15.4. The maximum absolute atomic E-state index is 12.2. The van der Waals surface area contributed by atoms with E-state index in [1.165, 1.54) is 0 Å². The van der Waals surface area contributed by atoms with E-state index in [-0.39, 0.29) is 24.0 Å². The second-order valence-corrected chi connectivity index (χ2v) is 6.99. The van der Waals surface area contributed by atoms with Gasteiger partial charge in [0.1, 0.15) is 12.4 Å². The van der Waals surface area contributed by atoms with Gasteiger partial charge in [-0.25, -0.2) is 0 Å². The van der Waals surface area contributed by atoms with Crippen molar-refractivity contribution in [3.63, 3.8) is 0 Å². The van der Waals surface area contributed by atoms with Gasteiger partial charge < -0.3 is 15.4 Å². The molecule has 0 aromatic heterocycles. The molecule has 0 saturated heterocycles. The summed E-state index contributed by atoms with van der Waals surface area (Å²) in [6.45, 7) is 5.28. The van der Waals surface area contributed by atoms with E-state index in [4.69, 9.17) is 4.74 Å². The molecule has 0 radical (unpaired) electrons. The summed E-state index contributed by atoms with van der Waals surface area (Å²) in [5, 5.41) is 6.44. The lowest BCUT2D eigenvalue weighted by atomic mass is 10.2. The standard InChI is InChI=1S/C20H25N3O2S.HI/c1-3-14-25-19-12-8-7-9-17(19)16-23-20(21-2)22-13-15-26(24)18-10-5-4-6-11-18;/h3-12H,1,13-16H2,2H3,(H2,21,22,23);1H. The van der Waals surface area contributed by atoms with E-state index < -0.39 is 10.8 Å². The van der Waals surface area contributed by atoms with Crippen molar-refractivity contribution >= 4 is 40.7 Å². The van der Waals surface area contributed by atoms with Gasteiger partial charge in [-0.1, -0.05) is 49.1 Å². The number of nitrogens with zero attached hydrogens (tertiary/aromatic N) is 1. The van der Waals surface area contributed by atoms with E-state index >= 15 is 0 Å². The van der Waals surface area contributed by atoms with Crippen molar-refractivity contribution in [2.45, 2.75) is 11.4 Å². The molecule has 0 fully saturated rings. The van der Waals surface area contributed by atoms with E-state index in [2.05, 4.69) is 22.2 Å². The first kappa shape index (κ1) is 23.2. The summed E-state index contributed by atoms with van der Waals surface area (Å²) in [7, 11) is 0.688.